The summed E-state index contributed by atoms with van der Waals surface area (Å²) >= 11 is 5.84. The van der Waals surface area contributed by atoms with Gasteiger partial charge in [-0.1, -0.05) is 29.8 Å². The number of hydrogen-bond donors (Lipinski definition) is 5. The second-order valence-electron chi connectivity index (χ2n) is 8.55. The summed E-state index contributed by atoms with van der Waals surface area (Å²) in [6.45, 7) is 2.89. The number of carbonyl (C=O) groups is 2. The lowest BCUT2D eigenvalue weighted by atomic mass is 9.82. The number of halogens is 1. The zero-order valence-electron chi connectivity index (χ0n) is 18.0. The van der Waals surface area contributed by atoms with Crippen molar-refractivity contribution in [2.45, 2.75) is 18.9 Å². The molecule has 12 heteroatoms. The Morgan fingerprint density at radius 2 is 1.82 bits per heavy atom. The number of aromatic nitrogens is 2. The normalized spacial score (nSPS) is 24.3. The number of para-hydroxylation sites is 1. The van der Waals surface area contributed by atoms with E-state index in [0.29, 0.717) is 23.5 Å². The highest BCUT2D eigenvalue weighted by Gasteiger charge is 2.47. The number of piperidine rings is 3. The van der Waals surface area contributed by atoms with Crippen molar-refractivity contribution >= 4 is 46.7 Å². The smallest absolute Gasteiger partial charge is 0.280 e. The fraction of sp³-hybridized carbons (Fsp3) is 0.381. The van der Waals surface area contributed by atoms with Crippen LogP contribution < -0.4 is 27.8 Å². The first-order valence-corrected chi connectivity index (χ1v) is 11.1. The number of quaternary nitrogens is 1. The summed E-state index contributed by atoms with van der Waals surface area (Å²) in [6, 6.07) is 9.30. The topological polar surface area (TPSA) is 174 Å². The molecule has 3 fully saturated rings. The fourth-order valence-electron chi connectivity index (χ4n) is 4.64. The average Bonchev–Trinajstić information content (AvgIpc) is 2.77. The molecule has 1 atom stereocenters. The monoisotopic (exact) mass is 472 g/mol. The third kappa shape index (κ3) is 5.15. The number of fused-ring (bicyclic) bond motifs is 3. The van der Waals surface area contributed by atoms with Gasteiger partial charge in [-0.2, -0.15) is 0 Å². The van der Waals surface area contributed by atoms with Crippen LogP contribution in [0.15, 0.2) is 35.3 Å². The standard InChI is InChI=1S/C21H26ClN9O2/c22-17-19(24)29-18(23)16(28-17)20(33)30-21(25)27-14-10-31(8-6-12(14)7-9-31)11-15(32)26-13-4-2-1-3-5-13/h1-5,12,14H,6-11H2,(H7-,23,24,25,26,27,29,30,32,33)/p+1/t12?,14-,31?/m1/s1. The van der Waals surface area contributed by atoms with E-state index in [4.69, 9.17) is 28.8 Å². The van der Waals surface area contributed by atoms with Gasteiger partial charge in [0.25, 0.3) is 11.8 Å². The summed E-state index contributed by atoms with van der Waals surface area (Å²) in [5.74, 6) is -0.604. The van der Waals surface area contributed by atoms with E-state index in [-0.39, 0.29) is 40.4 Å². The van der Waals surface area contributed by atoms with Crippen LogP contribution in [0, 0.1) is 5.92 Å². The van der Waals surface area contributed by atoms with Crippen molar-refractivity contribution in [2.75, 3.05) is 43.0 Å². The Morgan fingerprint density at radius 3 is 2.52 bits per heavy atom. The van der Waals surface area contributed by atoms with Crippen LogP contribution >= 0.6 is 11.6 Å². The number of hydrogen-bond acceptors (Lipinski definition) is 7. The predicted octanol–water partition coefficient (Wildman–Crippen LogP) is 0.587. The van der Waals surface area contributed by atoms with Crippen LogP contribution in [0.1, 0.15) is 23.3 Å². The lowest BCUT2D eigenvalue weighted by Crippen LogP contribution is -2.65. The van der Waals surface area contributed by atoms with E-state index < -0.39 is 5.91 Å². The SMILES string of the molecule is NC(=N[C@@H]1C[N+]2(CC(=O)Nc3ccccc3)CCC1CC2)NC(=O)c1nc(Cl)c(N)nc1N. The van der Waals surface area contributed by atoms with Crippen molar-refractivity contribution in [3.63, 3.8) is 0 Å². The largest absolute Gasteiger partial charge is 0.382 e. The first kappa shape index (κ1) is 22.7. The summed E-state index contributed by atoms with van der Waals surface area (Å²) in [6.07, 6.45) is 1.89. The Hall–Kier alpha value is -3.44. The Bertz CT molecular complexity index is 1080. The van der Waals surface area contributed by atoms with E-state index >= 15 is 0 Å². The molecule has 3 aliphatic rings. The number of carbonyl (C=O) groups excluding carboxylic acids is 2. The van der Waals surface area contributed by atoms with E-state index in [2.05, 4.69) is 25.6 Å². The van der Waals surface area contributed by atoms with Crippen LogP contribution in [0.4, 0.5) is 17.3 Å². The fourth-order valence-corrected chi connectivity index (χ4v) is 4.77. The summed E-state index contributed by atoms with van der Waals surface area (Å²) in [5.41, 5.74) is 17.9. The second-order valence-corrected chi connectivity index (χ2v) is 8.91. The van der Waals surface area contributed by atoms with Crippen molar-refractivity contribution in [1.29, 1.82) is 0 Å². The van der Waals surface area contributed by atoms with Crippen molar-refractivity contribution in [3.05, 3.63) is 41.2 Å². The molecule has 5 rings (SSSR count). The van der Waals surface area contributed by atoms with Crippen LogP contribution in [0.5, 0.6) is 0 Å². The number of guanidine groups is 1. The minimum Gasteiger partial charge on any atom is -0.382 e. The maximum absolute atomic E-state index is 12.7. The lowest BCUT2D eigenvalue weighted by molar-refractivity contribution is -0.936. The van der Waals surface area contributed by atoms with Gasteiger partial charge in [0.2, 0.25) is 0 Å². The Balaban J connectivity index is 1.41. The molecule has 1 aromatic carbocycles. The zero-order valence-corrected chi connectivity index (χ0v) is 18.8. The van der Waals surface area contributed by atoms with Gasteiger partial charge in [0, 0.05) is 18.5 Å². The zero-order chi connectivity index (χ0) is 23.6. The minimum atomic E-state index is -0.671. The van der Waals surface area contributed by atoms with Crippen LogP contribution in [0.2, 0.25) is 5.15 Å². The Kier molecular flexibility index (Phi) is 6.34. The number of aliphatic imine (C=N–C) groups is 1. The van der Waals surface area contributed by atoms with E-state index in [1.807, 2.05) is 30.3 Å². The number of nitrogen functional groups attached to an aromatic ring is 2. The number of nitrogens with zero attached hydrogens (tertiary/aromatic N) is 4. The van der Waals surface area contributed by atoms with E-state index in [1.165, 1.54) is 0 Å². The number of nitrogens with one attached hydrogen (secondary N) is 2. The van der Waals surface area contributed by atoms with Crippen molar-refractivity contribution in [3.8, 4) is 0 Å². The molecular weight excluding hydrogens is 446 g/mol. The molecular formula is C21H27ClN9O2+. The summed E-state index contributed by atoms with van der Waals surface area (Å²) in [5, 5.41) is 5.34. The maximum Gasteiger partial charge on any atom is 0.280 e. The van der Waals surface area contributed by atoms with Gasteiger partial charge in [-0.25, -0.2) is 15.0 Å². The molecule has 2 bridgehead atoms. The number of amides is 2. The molecule has 3 aliphatic heterocycles. The van der Waals surface area contributed by atoms with Crippen molar-refractivity contribution < 1.29 is 14.1 Å². The summed E-state index contributed by atoms with van der Waals surface area (Å²) < 4.78 is 0.649. The molecule has 2 aromatic rings. The van der Waals surface area contributed by atoms with Crippen LogP contribution in [-0.4, -0.2) is 64.4 Å². The molecule has 8 N–H and O–H groups in total. The number of nitrogens with two attached hydrogens (primary N) is 3. The second kappa shape index (κ2) is 9.20. The lowest BCUT2D eigenvalue weighted by Gasteiger charge is -2.51. The molecule has 11 nitrogen and oxygen atoms in total. The highest BCUT2D eigenvalue weighted by atomic mass is 35.5. The van der Waals surface area contributed by atoms with E-state index in [1.54, 1.807) is 0 Å². The van der Waals surface area contributed by atoms with Gasteiger partial charge in [-0.05, 0) is 18.1 Å². The quantitative estimate of drug-likeness (QED) is 0.240. The van der Waals surface area contributed by atoms with Crippen LogP contribution in [-0.2, 0) is 4.79 Å². The number of benzene rings is 1. The maximum atomic E-state index is 12.7. The van der Waals surface area contributed by atoms with Gasteiger partial charge in [-0.15, -0.1) is 0 Å². The molecule has 1 aromatic heterocycles. The van der Waals surface area contributed by atoms with Gasteiger partial charge in [-0.3, -0.25) is 14.9 Å². The molecule has 0 aliphatic carbocycles. The number of rotatable bonds is 5. The molecule has 4 heterocycles. The van der Waals surface area contributed by atoms with Crippen molar-refractivity contribution in [1.82, 2.24) is 15.3 Å². The predicted molar refractivity (Wildman–Crippen MR) is 126 cm³/mol. The highest BCUT2D eigenvalue weighted by molar-refractivity contribution is 6.31. The minimum absolute atomic E-state index is 0.0279. The molecule has 0 unspecified atom stereocenters. The third-order valence-corrected chi connectivity index (χ3v) is 6.55. The van der Waals surface area contributed by atoms with E-state index in [0.717, 1.165) is 31.6 Å². The summed E-state index contributed by atoms with van der Waals surface area (Å²) in [7, 11) is 0. The highest BCUT2D eigenvalue weighted by Crippen LogP contribution is 2.35. The molecule has 3 saturated heterocycles. The van der Waals surface area contributed by atoms with Crippen LogP contribution in [0.3, 0.4) is 0 Å². The molecule has 0 saturated carbocycles. The molecule has 2 amide bonds. The molecule has 33 heavy (non-hydrogen) atoms. The average molecular weight is 473 g/mol. The molecule has 0 radical (unpaired) electrons. The van der Waals surface area contributed by atoms with E-state index in [9.17, 15) is 9.59 Å². The van der Waals surface area contributed by atoms with Gasteiger partial charge < -0.3 is 27.0 Å². The Labute approximate surface area is 196 Å². The van der Waals surface area contributed by atoms with Gasteiger partial charge in [0.05, 0.1) is 13.1 Å². The van der Waals surface area contributed by atoms with Crippen LogP contribution in [0.25, 0.3) is 0 Å². The molecule has 0 spiro atoms. The first-order valence-electron chi connectivity index (χ1n) is 10.7. The Morgan fingerprint density at radius 1 is 1.12 bits per heavy atom. The first-order chi connectivity index (χ1) is 15.7. The van der Waals surface area contributed by atoms with Gasteiger partial charge in [0.15, 0.2) is 35.0 Å². The van der Waals surface area contributed by atoms with Gasteiger partial charge >= 0.3 is 0 Å². The molecule has 174 valence electrons. The van der Waals surface area contributed by atoms with Crippen molar-refractivity contribution in [2.24, 2.45) is 16.6 Å². The summed E-state index contributed by atoms with van der Waals surface area (Å²) in [4.78, 5) is 37.4. The third-order valence-electron chi connectivity index (χ3n) is 6.27. The van der Waals surface area contributed by atoms with Gasteiger partial charge in [0.1, 0.15) is 12.6 Å². The number of anilines is 3.